The van der Waals surface area contributed by atoms with E-state index in [2.05, 4.69) is 0 Å². The third-order valence-electron chi connectivity index (χ3n) is 2.48. The van der Waals surface area contributed by atoms with Crippen LogP contribution in [0.1, 0.15) is 13.8 Å². The molecule has 0 unspecified atom stereocenters. The quantitative estimate of drug-likeness (QED) is 0.569. The maximum atomic E-state index is 10.7. The van der Waals surface area contributed by atoms with Crippen LogP contribution < -0.4 is 9.64 Å². The molecule has 0 saturated carbocycles. The molecule has 1 aromatic carbocycles. The zero-order valence-electron chi connectivity index (χ0n) is 9.77. The molecular formula is C11H16N2O3. The third kappa shape index (κ3) is 2.42. The van der Waals surface area contributed by atoms with Crippen molar-refractivity contribution in [2.24, 2.45) is 0 Å². The third-order valence-corrected chi connectivity index (χ3v) is 2.48. The lowest BCUT2D eigenvalue weighted by molar-refractivity contribution is -0.384. The molecule has 0 atom stereocenters. The Labute approximate surface area is 94.8 Å². The normalized spacial score (nSPS) is 9.94. The van der Waals surface area contributed by atoms with Gasteiger partial charge in [0.15, 0.2) is 0 Å². The Morgan fingerprint density at radius 1 is 1.38 bits per heavy atom. The molecule has 1 aromatic rings. The van der Waals surface area contributed by atoms with Gasteiger partial charge in [-0.25, -0.2) is 0 Å². The van der Waals surface area contributed by atoms with Crippen LogP contribution in [0.2, 0.25) is 0 Å². The minimum Gasteiger partial charge on any atom is -0.495 e. The van der Waals surface area contributed by atoms with Gasteiger partial charge in [0.25, 0.3) is 5.69 Å². The summed E-state index contributed by atoms with van der Waals surface area (Å²) in [4.78, 5) is 12.3. The van der Waals surface area contributed by atoms with Crippen LogP contribution in [0.15, 0.2) is 18.2 Å². The van der Waals surface area contributed by atoms with Gasteiger partial charge >= 0.3 is 0 Å². The predicted molar refractivity (Wildman–Crippen MR) is 63.2 cm³/mol. The lowest BCUT2D eigenvalue weighted by Gasteiger charge is -2.22. The average molecular weight is 224 g/mol. The first-order valence-corrected chi connectivity index (χ1v) is 5.21. The second kappa shape index (κ2) is 5.34. The molecule has 0 aromatic heterocycles. The number of ether oxygens (including phenoxy) is 1. The molecule has 0 bridgehead atoms. The number of hydrogen-bond donors (Lipinski definition) is 0. The molecule has 0 fully saturated rings. The van der Waals surface area contributed by atoms with Crippen molar-refractivity contribution < 1.29 is 9.66 Å². The maximum absolute atomic E-state index is 10.7. The fourth-order valence-electron chi connectivity index (χ4n) is 1.60. The lowest BCUT2D eigenvalue weighted by atomic mass is 10.2. The van der Waals surface area contributed by atoms with Crippen molar-refractivity contribution in [2.75, 3.05) is 25.1 Å². The number of nitro benzene ring substituents is 1. The molecule has 0 aliphatic heterocycles. The Morgan fingerprint density at radius 3 is 2.44 bits per heavy atom. The van der Waals surface area contributed by atoms with E-state index in [-0.39, 0.29) is 5.69 Å². The smallest absolute Gasteiger partial charge is 0.271 e. The Morgan fingerprint density at radius 2 is 2.00 bits per heavy atom. The molecule has 0 amide bonds. The van der Waals surface area contributed by atoms with Crippen LogP contribution in [0.3, 0.4) is 0 Å². The number of nitrogens with zero attached hydrogens (tertiary/aromatic N) is 2. The fraction of sp³-hybridized carbons (Fsp3) is 0.455. The molecule has 0 aliphatic rings. The number of methoxy groups -OCH3 is 1. The van der Waals surface area contributed by atoms with Gasteiger partial charge in [0, 0.05) is 25.2 Å². The number of benzene rings is 1. The Balaban J connectivity index is 3.20. The average Bonchev–Trinajstić information content (AvgIpc) is 2.30. The first-order valence-electron chi connectivity index (χ1n) is 5.21. The van der Waals surface area contributed by atoms with E-state index in [9.17, 15) is 10.1 Å². The van der Waals surface area contributed by atoms with Crippen LogP contribution in [0.5, 0.6) is 5.75 Å². The molecule has 1 rings (SSSR count). The first-order chi connectivity index (χ1) is 7.63. The number of hydrogen-bond acceptors (Lipinski definition) is 4. The van der Waals surface area contributed by atoms with Gasteiger partial charge in [-0.05, 0) is 19.9 Å². The molecule has 5 heteroatoms. The van der Waals surface area contributed by atoms with Crippen molar-refractivity contribution in [3.05, 3.63) is 28.3 Å². The van der Waals surface area contributed by atoms with E-state index in [1.807, 2.05) is 18.7 Å². The molecule has 0 aliphatic carbocycles. The summed E-state index contributed by atoms with van der Waals surface area (Å²) in [7, 11) is 1.56. The van der Waals surface area contributed by atoms with Crippen molar-refractivity contribution in [1.29, 1.82) is 0 Å². The van der Waals surface area contributed by atoms with Crippen LogP contribution in [-0.2, 0) is 0 Å². The predicted octanol–water partition coefficient (Wildman–Crippen LogP) is 2.45. The standard InChI is InChI=1S/C11H16N2O3/c1-4-12(5-2)10-8-9(13(14)15)6-7-11(10)16-3/h6-8H,4-5H2,1-3H3. The van der Waals surface area contributed by atoms with E-state index in [0.29, 0.717) is 5.75 Å². The SMILES string of the molecule is CCN(CC)c1cc([N+](=O)[O-])ccc1OC. The highest BCUT2D eigenvalue weighted by Gasteiger charge is 2.14. The van der Waals surface area contributed by atoms with Crippen LogP contribution >= 0.6 is 0 Å². The Kier molecular flexibility index (Phi) is 4.10. The highest BCUT2D eigenvalue weighted by Crippen LogP contribution is 2.31. The van der Waals surface area contributed by atoms with E-state index in [4.69, 9.17) is 4.74 Å². The van der Waals surface area contributed by atoms with Crippen molar-refractivity contribution >= 4 is 11.4 Å². The van der Waals surface area contributed by atoms with Crippen LogP contribution in [0, 0.1) is 10.1 Å². The van der Waals surface area contributed by atoms with Crippen LogP contribution in [0.4, 0.5) is 11.4 Å². The van der Waals surface area contributed by atoms with Gasteiger partial charge in [0.1, 0.15) is 5.75 Å². The molecule has 0 saturated heterocycles. The van der Waals surface area contributed by atoms with E-state index >= 15 is 0 Å². The molecule has 5 nitrogen and oxygen atoms in total. The minimum atomic E-state index is -0.396. The van der Waals surface area contributed by atoms with E-state index in [0.717, 1.165) is 18.8 Å². The second-order valence-corrected chi connectivity index (χ2v) is 3.29. The highest BCUT2D eigenvalue weighted by molar-refractivity contribution is 5.63. The van der Waals surface area contributed by atoms with Crippen molar-refractivity contribution in [1.82, 2.24) is 0 Å². The minimum absolute atomic E-state index is 0.0858. The van der Waals surface area contributed by atoms with Crippen molar-refractivity contribution in [2.45, 2.75) is 13.8 Å². The first kappa shape index (κ1) is 12.3. The lowest BCUT2D eigenvalue weighted by Crippen LogP contribution is -2.22. The molecule has 0 N–H and O–H groups in total. The molecule has 88 valence electrons. The number of rotatable bonds is 5. The van der Waals surface area contributed by atoms with Crippen LogP contribution in [0.25, 0.3) is 0 Å². The summed E-state index contributed by atoms with van der Waals surface area (Å²) in [6.45, 7) is 5.58. The van der Waals surface area contributed by atoms with Crippen LogP contribution in [-0.4, -0.2) is 25.1 Å². The number of non-ortho nitro benzene ring substituents is 1. The number of anilines is 1. The summed E-state index contributed by atoms with van der Waals surface area (Å²) in [5.74, 6) is 0.661. The second-order valence-electron chi connectivity index (χ2n) is 3.29. The van der Waals surface area contributed by atoms with Crippen molar-refractivity contribution in [3.8, 4) is 5.75 Å². The van der Waals surface area contributed by atoms with Gasteiger partial charge in [-0.15, -0.1) is 0 Å². The summed E-state index contributed by atoms with van der Waals surface area (Å²) in [6, 6.07) is 4.63. The Hall–Kier alpha value is -1.78. The molecule has 0 radical (unpaired) electrons. The molecule has 0 heterocycles. The van der Waals surface area contributed by atoms with E-state index in [1.165, 1.54) is 6.07 Å². The zero-order valence-corrected chi connectivity index (χ0v) is 9.77. The van der Waals surface area contributed by atoms with Gasteiger partial charge in [-0.2, -0.15) is 0 Å². The number of nitro groups is 1. The van der Waals surface area contributed by atoms with Gasteiger partial charge in [-0.1, -0.05) is 0 Å². The zero-order chi connectivity index (χ0) is 12.1. The van der Waals surface area contributed by atoms with E-state index in [1.54, 1.807) is 19.2 Å². The topological polar surface area (TPSA) is 55.6 Å². The monoisotopic (exact) mass is 224 g/mol. The molecule has 16 heavy (non-hydrogen) atoms. The van der Waals surface area contributed by atoms with Crippen molar-refractivity contribution in [3.63, 3.8) is 0 Å². The molecule has 0 spiro atoms. The summed E-state index contributed by atoms with van der Waals surface area (Å²) < 4.78 is 5.20. The largest absolute Gasteiger partial charge is 0.495 e. The van der Waals surface area contributed by atoms with Gasteiger partial charge in [-0.3, -0.25) is 10.1 Å². The summed E-state index contributed by atoms with van der Waals surface area (Å²) >= 11 is 0. The van der Waals surface area contributed by atoms with Gasteiger partial charge < -0.3 is 9.64 Å². The summed E-state index contributed by atoms with van der Waals surface area (Å²) in [5, 5.41) is 10.7. The molecular weight excluding hydrogens is 208 g/mol. The maximum Gasteiger partial charge on any atom is 0.271 e. The van der Waals surface area contributed by atoms with Gasteiger partial charge in [0.05, 0.1) is 17.7 Å². The highest BCUT2D eigenvalue weighted by atomic mass is 16.6. The summed E-state index contributed by atoms with van der Waals surface area (Å²) in [5.41, 5.74) is 0.851. The Bertz CT molecular complexity index is 375. The van der Waals surface area contributed by atoms with Gasteiger partial charge in [0.2, 0.25) is 0 Å². The van der Waals surface area contributed by atoms with E-state index < -0.39 is 4.92 Å². The fourth-order valence-corrected chi connectivity index (χ4v) is 1.60. The summed E-state index contributed by atoms with van der Waals surface area (Å²) in [6.07, 6.45) is 0.